The standard InChI is InChI=1S/C15H25NOS/c1-12-4-9-18-13(12)10-16-11-15(17)7-5-14(2,3)6-8-15/h4,9,16-17H,5-8,10-11H2,1-3H3. The zero-order valence-corrected chi connectivity index (χ0v) is 12.6. The third kappa shape index (κ3) is 3.56. The SMILES string of the molecule is Cc1ccsc1CNCC1(O)CCC(C)(C)CC1. The van der Waals surface area contributed by atoms with Crippen LogP contribution < -0.4 is 5.32 Å². The predicted octanol–water partition coefficient (Wildman–Crippen LogP) is 3.48. The van der Waals surface area contributed by atoms with E-state index >= 15 is 0 Å². The van der Waals surface area contributed by atoms with Crippen molar-refractivity contribution in [2.75, 3.05) is 6.54 Å². The lowest BCUT2D eigenvalue weighted by atomic mass is 9.71. The van der Waals surface area contributed by atoms with E-state index in [0.29, 0.717) is 5.41 Å². The largest absolute Gasteiger partial charge is 0.389 e. The van der Waals surface area contributed by atoms with Gasteiger partial charge in [0.2, 0.25) is 0 Å². The van der Waals surface area contributed by atoms with Crippen molar-refractivity contribution in [3.63, 3.8) is 0 Å². The molecule has 0 radical (unpaired) electrons. The molecule has 2 rings (SSSR count). The second-order valence-electron chi connectivity index (χ2n) is 6.52. The van der Waals surface area contributed by atoms with Gasteiger partial charge in [0.1, 0.15) is 0 Å². The minimum Gasteiger partial charge on any atom is -0.389 e. The van der Waals surface area contributed by atoms with Gasteiger partial charge >= 0.3 is 0 Å². The van der Waals surface area contributed by atoms with Crippen molar-refractivity contribution in [2.24, 2.45) is 5.41 Å². The molecule has 0 unspecified atom stereocenters. The molecular formula is C15H25NOS. The quantitative estimate of drug-likeness (QED) is 0.875. The summed E-state index contributed by atoms with van der Waals surface area (Å²) >= 11 is 1.79. The first-order valence-corrected chi connectivity index (χ1v) is 7.74. The molecule has 2 nitrogen and oxygen atoms in total. The van der Waals surface area contributed by atoms with Gasteiger partial charge < -0.3 is 10.4 Å². The molecule has 18 heavy (non-hydrogen) atoms. The van der Waals surface area contributed by atoms with Crippen LogP contribution in [0, 0.1) is 12.3 Å². The molecule has 1 aromatic rings. The summed E-state index contributed by atoms with van der Waals surface area (Å²) in [5.74, 6) is 0. The summed E-state index contributed by atoms with van der Waals surface area (Å²) in [4.78, 5) is 1.38. The molecule has 1 heterocycles. The van der Waals surface area contributed by atoms with Crippen molar-refractivity contribution in [1.29, 1.82) is 0 Å². The fourth-order valence-corrected chi connectivity index (χ4v) is 3.44. The second kappa shape index (κ2) is 5.32. The Balaban J connectivity index is 1.78. The van der Waals surface area contributed by atoms with Gasteiger partial charge in [0.15, 0.2) is 0 Å². The molecule has 1 saturated carbocycles. The minimum atomic E-state index is -0.485. The highest BCUT2D eigenvalue weighted by molar-refractivity contribution is 7.10. The summed E-state index contributed by atoms with van der Waals surface area (Å²) < 4.78 is 0. The Kier molecular flexibility index (Phi) is 4.15. The van der Waals surface area contributed by atoms with Gasteiger partial charge in [0.05, 0.1) is 5.60 Å². The van der Waals surface area contributed by atoms with Crippen molar-refractivity contribution < 1.29 is 5.11 Å². The summed E-state index contributed by atoms with van der Waals surface area (Å²) in [6.07, 6.45) is 4.11. The maximum Gasteiger partial charge on any atom is 0.0772 e. The van der Waals surface area contributed by atoms with Crippen LogP contribution in [0.15, 0.2) is 11.4 Å². The Morgan fingerprint density at radius 2 is 1.94 bits per heavy atom. The maximum absolute atomic E-state index is 10.5. The summed E-state index contributed by atoms with van der Waals surface area (Å²) in [7, 11) is 0. The topological polar surface area (TPSA) is 32.3 Å². The van der Waals surface area contributed by atoms with E-state index in [9.17, 15) is 5.11 Å². The number of aliphatic hydroxyl groups is 1. The molecule has 3 heteroatoms. The van der Waals surface area contributed by atoms with Crippen molar-refractivity contribution in [1.82, 2.24) is 5.32 Å². The van der Waals surface area contributed by atoms with Crippen LogP contribution in [-0.4, -0.2) is 17.3 Å². The van der Waals surface area contributed by atoms with Gasteiger partial charge in [-0.25, -0.2) is 0 Å². The Labute approximate surface area is 114 Å². The van der Waals surface area contributed by atoms with Crippen LogP contribution in [0.1, 0.15) is 50.0 Å². The lowest BCUT2D eigenvalue weighted by Crippen LogP contribution is -2.44. The number of thiophene rings is 1. The van der Waals surface area contributed by atoms with Crippen LogP contribution in [0.3, 0.4) is 0 Å². The second-order valence-corrected chi connectivity index (χ2v) is 7.52. The van der Waals surface area contributed by atoms with E-state index in [1.165, 1.54) is 10.4 Å². The molecule has 1 aliphatic carbocycles. The van der Waals surface area contributed by atoms with Gasteiger partial charge in [-0.1, -0.05) is 13.8 Å². The van der Waals surface area contributed by atoms with E-state index in [0.717, 1.165) is 38.8 Å². The Hall–Kier alpha value is -0.380. The molecule has 0 spiro atoms. The molecule has 0 bridgehead atoms. The minimum absolute atomic E-state index is 0.413. The van der Waals surface area contributed by atoms with Gasteiger partial charge in [0.25, 0.3) is 0 Å². The zero-order valence-electron chi connectivity index (χ0n) is 11.8. The lowest BCUT2D eigenvalue weighted by Gasteiger charge is -2.40. The first-order valence-electron chi connectivity index (χ1n) is 6.86. The average molecular weight is 267 g/mol. The van der Waals surface area contributed by atoms with Gasteiger partial charge in [-0.3, -0.25) is 0 Å². The highest BCUT2D eigenvalue weighted by atomic mass is 32.1. The zero-order chi connectivity index (χ0) is 13.2. The van der Waals surface area contributed by atoms with E-state index in [1.54, 1.807) is 11.3 Å². The Bertz CT molecular complexity index is 387. The molecule has 0 atom stereocenters. The van der Waals surface area contributed by atoms with Gasteiger partial charge in [-0.05, 0) is 55.0 Å². The lowest BCUT2D eigenvalue weighted by molar-refractivity contribution is -0.0244. The molecule has 0 aromatic carbocycles. The van der Waals surface area contributed by atoms with Gasteiger partial charge in [-0.15, -0.1) is 11.3 Å². The summed E-state index contributed by atoms with van der Waals surface area (Å²) in [5.41, 5.74) is 1.28. The highest BCUT2D eigenvalue weighted by Crippen LogP contribution is 2.39. The Morgan fingerprint density at radius 3 is 2.50 bits per heavy atom. The molecular weight excluding hydrogens is 242 g/mol. The summed E-state index contributed by atoms with van der Waals surface area (Å²) in [5, 5.41) is 16.1. The summed E-state index contributed by atoms with van der Waals surface area (Å²) in [6, 6.07) is 2.15. The molecule has 1 fully saturated rings. The predicted molar refractivity (Wildman–Crippen MR) is 78.0 cm³/mol. The molecule has 2 N–H and O–H groups in total. The van der Waals surface area contributed by atoms with E-state index in [4.69, 9.17) is 0 Å². The maximum atomic E-state index is 10.5. The van der Waals surface area contributed by atoms with Crippen molar-refractivity contribution >= 4 is 11.3 Å². The third-order valence-electron chi connectivity index (χ3n) is 4.24. The van der Waals surface area contributed by atoms with E-state index < -0.39 is 5.60 Å². The number of hydrogen-bond acceptors (Lipinski definition) is 3. The van der Waals surface area contributed by atoms with Crippen LogP contribution in [0.5, 0.6) is 0 Å². The monoisotopic (exact) mass is 267 g/mol. The number of aryl methyl sites for hydroxylation is 1. The fraction of sp³-hybridized carbons (Fsp3) is 0.733. The van der Waals surface area contributed by atoms with Crippen molar-refractivity contribution in [2.45, 2.75) is 58.6 Å². The van der Waals surface area contributed by atoms with E-state index in [-0.39, 0.29) is 0 Å². The molecule has 1 aliphatic rings. The first-order chi connectivity index (χ1) is 8.40. The molecule has 1 aromatic heterocycles. The summed E-state index contributed by atoms with van der Waals surface area (Å²) in [6.45, 7) is 8.35. The van der Waals surface area contributed by atoms with Gasteiger partial charge in [-0.2, -0.15) is 0 Å². The molecule has 0 aliphatic heterocycles. The Morgan fingerprint density at radius 1 is 1.28 bits per heavy atom. The highest BCUT2D eigenvalue weighted by Gasteiger charge is 2.36. The molecule has 0 amide bonds. The average Bonchev–Trinajstić information content (AvgIpc) is 2.70. The van der Waals surface area contributed by atoms with Gasteiger partial charge in [0, 0.05) is 18.0 Å². The number of nitrogens with one attached hydrogen (secondary N) is 1. The van der Waals surface area contributed by atoms with Crippen LogP contribution in [0.25, 0.3) is 0 Å². The van der Waals surface area contributed by atoms with E-state index in [2.05, 4.69) is 37.5 Å². The van der Waals surface area contributed by atoms with Crippen LogP contribution >= 0.6 is 11.3 Å². The van der Waals surface area contributed by atoms with Crippen LogP contribution in [0.2, 0.25) is 0 Å². The third-order valence-corrected chi connectivity index (χ3v) is 5.27. The van der Waals surface area contributed by atoms with E-state index in [1.807, 2.05) is 0 Å². The van der Waals surface area contributed by atoms with Crippen LogP contribution in [0.4, 0.5) is 0 Å². The van der Waals surface area contributed by atoms with Crippen LogP contribution in [-0.2, 0) is 6.54 Å². The normalized spacial score (nSPS) is 22.0. The molecule has 0 saturated heterocycles. The smallest absolute Gasteiger partial charge is 0.0772 e. The van der Waals surface area contributed by atoms with Crippen molar-refractivity contribution in [3.8, 4) is 0 Å². The number of hydrogen-bond donors (Lipinski definition) is 2. The molecule has 102 valence electrons. The number of rotatable bonds is 4. The van der Waals surface area contributed by atoms with Crippen molar-refractivity contribution in [3.05, 3.63) is 21.9 Å². The first kappa shape index (κ1) is 14.0. The fourth-order valence-electron chi connectivity index (χ4n) is 2.56.